The summed E-state index contributed by atoms with van der Waals surface area (Å²) in [5.74, 6) is 0.0378. The number of esters is 1. The van der Waals surface area contributed by atoms with Crippen LogP contribution in [0.3, 0.4) is 0 Å². The van der Waals surface area contributed by atoms with E-state index in [9.17, 15) is 13.2 Å². The molecule has 0 saturated heterocycles. The van der Waals surface area contributed by atoms with Crippen molar-refractivity contribution in [1.29, 1.82) is 0 Å². The van der Waals surface area contributed by atoms with Crippen LogP contribution in [-0.4, -0.2) is 33.6 Å². The van der Waals surface area contributed by atoms with E-state index < -0.39 is 16.0 Å². The number of benzene rings is 1. The molecule has 130 valence electrons. The zero-order chi connectivity index (χ0) is 17.3. The van der Waals surface area contributed by atoms with Gasteiger partial charge < -0.3 is 10.5 Å². The van der Waals surface area contributed by atoms with E-state index in [0.29, 0.717) is 22.8 Å². The first-order valence-electron chi connectivity index (χ1n) is 7.86. The third-order valence-corrected chi connectivity index (χ3v) is 6.53. The summed E-state index contributed by atoms with van der Waals surface area (Å²) in [5.41, 5.74) is 5.94. The van der Waals surface area contributed by atoms with Gasteiger partial charge in [0, 0.05) is 17.3 Å². The van der Waals surface area contributed by atoms with Gasteiger partial charge in [0.2, 0.25) is 10.0 Å². The molecule has 1 heterocycles. The Morgan fingerprint density at radius 3 is 2.83 bits per heavy atom. The van der Waals surface area contributed by atoms with Gasteiger partial charge in [-0.25, -0.2) is 17.9 Å². The summed E-state index contributed by atoms with van der Waals surface area (Å²) in [6, 6.07) is 6.34. The van der Waals surface area contributed by atoms with Gasteiger partial charge in [-0.1, -0.05) is 0 Å². The van der Waals surface area contributed by atoms with Gasteiger partial charge in [0.15, 0.2) is 0 Å². The van der Waals surface area contributed by atoms with Crippen molar-refractivity contribution in [1.82, 2.24) is 4.72 Å². The van der Waals surface area contributed by atoms with Gasteiger partial charge in [-0.15, -0.1) is 11.3 Å². The fourth-order valence-electron chi connectivity index (χ4n) is 2.47. The predicted octanol–water partition coefficient (Wildman–Crippen LogP) is 2.09. The van der Waals surface area contributed by atoms with Crippen LogP contribution in [0, 0.1) is 5.92 Å². The highest BCUT2D eigenvalue weighted by atomic mass is 32.2. The molecule has 0 spiro atoms. The van der Waals surface area contributed by atoms with E-state index in [1.807, 2.05) is 0 Å². The zero-order valence-electron chi connectivity index (χ0n) is 13.3. The van der Waals surface area contributed by atoms with E-state index in [0.717, 1.165) is 17.5 Å². The number of thiophene rings is 1. The van der Waals surface area contributed by atoms with Gasteiger partial charge >= 0.3 is 5.97 Å². The van der Waals surface area contributed by atoms with Gasteiger partial charge in [0.1, 0.15) is 4.88 Å². The molecule has 3 N–H and O–H groups in total. The minimum Gasteiger partial charge on any atom is -0.462 e. The first-order chi connectivity index (χ1) is 11.4. The first kappa shape index (κ1) is 17.3. The number of sulfonamides is 1. The maximum atomic E-state index is 12.4. The van der Waals surface area contributed by atoms with Crippen LogP contribution in [0.15, 0.2) is 29.2 Å². The Bertz CT molecular complexity index is 856. The summed E-state index contributed by atoms with van der Waals surface area (Å²) < 4.78 is 33.2. The molecule has 0 amide bonds. The van der Waals surface area contributed by atoms with Gasteiger partial charge in [0.05, 0.1) is 11.5 Å². The zero-order valence-corrected chi connectivity index (χ0v) is 15.0. The van der Waals surface area contributed by atoms with E-state index >= 15 is 0 Å². The summed E-state index contributed by atoms with van der Waals surface area (Å²) in [7, 11) is -3.62. The van der Waals surface area contributed by atoms with Crippen molar-refractivity contribution in [3.63, 3.8) is 0 Å². The Morgan fingerprint density at radius 1 is 1.42 bits per heavy atom. The Labute approximate surface area is 145 Å². The molecule has 1 fully saturated rings. The van der Waals surface area contributed by atoms with Gasteiger partial charge in [0.25, 0.3) is 0 Å². The van der Waals surface area contributed by atoms with Crippen LogP contribution >= 0.6 is 11.3 Å². The third kappa shape index (κ3) is 3.77. The molecule has 1 aliphatic rings. The van der Waals surface area contributed by atoms with Crippen LogP contribution in [0.5, 0.6) is 0 Å². The first-order valence-corrected chi connectivity index (χ1v) is 10.2. The molecule has 24 heavy (non-hydrogen) atoms. The Morgan fingerprint density at radius 2 is 2.17 bits per heavy atom. The molecule has 1 aromatic carbocycles. The highest BCUT2D eigenvalue weighted by molar-refractivity contribution is 7.89. The summed E-state index contributed by atoms with van der Waals surface area (Å²) >= 11 is 1.29. The highest BCUT2D eigenvalue weighted by Gasteiger charge is 2.29. The molecule has 2 aromatic rings. The van der Waals surface area contributed by atoms with Crippen molar-refractivity contribution in [3.8, 4) is 0 Å². The van der Waals surface area contributed by atoms with Crippen molar-refractivity contribution in [2.75, 3.05) is 13.2 Å². The van der Waals surface area contributed by atoms with E-state index in [-0.39, 0.29) is 17.5 Å². The number of hydrogen-bond acceptors (Lipinski definition) is 6. The van der Waals surface area contributed by atoms with Crippen LogP contribution in [0.1, 0.15) is 29.4 Å². The monoisotopic (exact) mass is 368 g/mol. The Balaban J connectivity index is 1.79. The van der Waals surface area contributed by atoms with Crippen molar-refractivity contribution in [3.05, 3.63) is 29.1 Å². The molecular formula is C16H20N2O4S2. The molecule has 0 radical (unpaired) electrons. The molecule has 3 rings (SSSR count). The molecule has 0 aliphatic heterocycles. The topological polar surface area (TPSA) is 98.5 Å². The Hall–Kier alpha value is -1.48. The molecule has 6 nitrogen and oxygen atoms in total. The minimum absolute atomic E-state index is 0.139. The highest BCUT2D eigenvalue weighted by Crippen LogP contribution is 2.31. The average molecular weight is 368 g/mol. The van der Waals surface area contributed by atoms with Crippen molar-refractivity contribution >= 4 is 37.4 Å². The largest absolute Gasteiger partial charge is 0.462 e. The fraction of sp³-hybridized carbons (Fsp3) is 0.438. The second-order valence-corrected chi connectivity index (χ2v) is 8.73. The van der Waals surface area contributed by atoms with Crippen LogP contribution in [-0.2, 0) is 14.8 Å². The van der Waals surface area contributed by atoms with Gasteiger partial charge in [-0.2, -0.15) is 0 Å². The molecule has 1 aromatic heterocycles. The van der Waals surface area contributed by atoms with Crippen molar-refractivity contribution < 1.29 is 17.9 Å². The van der Waals surface area contributed by atoms with Crippen LogP contribution in [0.4, 0.5) is 0 Å². The van der Waals surface area contributed by atoms with Crippen LogP contribution in [0.25, 0.3) is 10.1 Å². The normalized spacial score (nSPS) is 16.2. The number of hydrogen-bond donors (Lipinski definition) is 2. The number of rotatable bonds is 7. The van der Waals surface area contributed by atoms with E-state index in [2.05, 4.69) is 4.72 Å². The lowest BCUT2D eigenvalue weighted by molar-refractivity contribution is 0.0532. The Kier molecular flexibility index (Phi) is 4.91. The van der Waals surface area contributed by atoms with Crippen LogP contribution in [0.2, 0.25) is 0 Å². The number of nitrogens with one attached hydrogen (secondary N) is 1. The maximum Gasteiger partial charge on any atom is 0.348 e. The molecule has 1 saturated carbocycles. The number of fused-ring (bicyclic) bond motifs is 1. The van der Waals surface area contributed by atoms with E-state index in [1.165, 1.54) is 11.3 Å². The standard InChI is InChI=1S/C16H20N2O4S2/c1-2-22-16(19)15-8-11-7-12(5-6-14(11)23-15)24(20,21)18-9-13(17)10-3-4-10/h5-8,10,13,18H,2-4,9,17H2,1H3. The fourth-order valence-corrected chi connectivity index (χ4v) is 4.52. The number of ether oxygens (including phenoxy) is 1. The molecule has 8 heteroatoms. The second-order valence-electron chi connectivity index (χ2n) is 5.88. The van der Waals surface area contributed by atoms with Crippen molar-refractivity contribution in [2.24, 2.45) is 11.7 Å². The summed E-state index contributed by atoms with van der Waals surface area (Å²) in [5, 5.41) is 0.706. The number of carbonyl (C=O) groups excluding carboxylic acids is 1. The lowest BCUT2D eigenvalue weighted by Crippen LogP contribution is -2.38. The summed E-state index contributed by atoms with van der Waals surface area (Å²) in [6.45, 7) is 2.29. The quantitative estimate of drug-likeness (QED) is 0.729. The molecule has 1 unspecified atom stereocenters. The number of carbonyl (C=O) groups is 1. The maximum absolute atomic E-state index is 12.4. The smallest absolute Gasteiger partial charge is 0.348 e. The predicted molar refractivity (Wildman–Crippen MR) is 93.7 cm³/mol. The molecule has 1 atom stereocenters. The van der Waals surface area contributed by atoms with Gasteiger partial charge in [-0.3, -0.25) is 0 Å². The summed E-state index contributed by atoms with van der Waals surface area (Å²) in [4.78, 5) is 12.4. The minimum atomic E-state index is -3.62. The van der Waals surface area contributed by atoms with Crippen LogP contribution < -0.4 is 10.5 Å². The van der Waals surface area contributed by atoms with E-state index in [4.69, 9.17) is 10.5 Å². The lowest BCUT2D eigenvalue weighted by Gasteiger charge is -2.12. The van der Waals surface area contributed by atoms with Crippen molar-refractivity contribution in [2.45, 2.75) is 30.7 Å². The molecule has 0 bridgehead atoms. The molecule has 1 aliphatic carbocycles. The lowest BCUT2D eigenvalue weighted by atomic mass is 10.2. The molecular weight excluding hydrogens is 348 g/mol. The van der Waals surface area contributed by atoms with E-state index in [1.54, 1.807) is 31.2 Å². The SMILES string of the molecule is CCOC(=O)c1cc2cc(S(=O)(=O)NCC(N)C3CC3)ccc2s1. The average Bonchev–Trinajstić information content (AvgIpc) is 3.31. The second kappa shape index (κ2) is 6.79. The third-order valence-electron chi connectivity index (χ3n) is 4.01. The van der Waals surface area contributed by atoms with Gasteiger partial charge in [-0.05, 0) is 55.3 Å². The number of nitrogens with two attached hydrogens (primary N) is 1. The summed E-state index contributed by atoms with van der Waals surface area (Å²) in [6.07, 6.45) is 2.14.